The number of ether oxygens (including phenoxy) is 2. The van der Waals surface area contributed by atoms with E-state index in [9.17, 15) is 0 Å². The third-order valence-corrected chi connectivity index (χ3v) is 3.79. The summed E-state index contributed by atoms with van der Waals surface area (Å²) in [7, 11) is 41.2. The Bertz CT molecular complexity index is 569. The summed E-state index contributed by atoms with van der Waals surface area (Å²) >= 11 is 0. The lowest BCUT2D eigenvalue weighted by molar-refractivity contribution is 0.0844. The second-order valence-electron chi connectivity index (χ2n) is 5.19. The molecule has 14 radical (unpaired) electrons. The molecule has 20 heavy (non-hydrogen) atoms. The van der Waals surface area contributed by atoms with Gasteiger partial charge in [-0.3, -0.25) is 0 Å². The van der Waals surface area contributed by atoms with Gasteiger partial charge in [-0.25, -0.2) is 0 Å². The van der Waals surface area contributed by atoms with E-state index in [2.05, 4.69) is 0 Å². The first-order chi connectivity index (χ1) is 9.08. The lowest BCUT2D eigenvalue weighted by atomic mass is 9.53. The molecular weight excluding hydrogens is 242 g/mol. The predicted molar refractivity (Wildman–Crippen MR) is 82.4 cm³/mol. The summed E-state index contributed by atoms with van der Waals surface area (Å²) in [5.41, 5.74) is 3.91. The van der Waals surface area contributed by atoms with Crippen LogP contribution in [-0.4, -0.2) is 65.9 Å². The quantitative estimate of drug-likeness (QED) is 0.478. The zero-order valence-electron chi connectivity index (χ0n) is 10.6. The second kappa shape index (κ2) is 3.91. The minimum Gasteiger partial charge on any atom is -0.469 e. The Hall–Kier alpha value is -0.765. The SMILES string of the molecule is [B]c1c2c(c([B])c3c1C([B])C([B])(N)C3[B])OC([B])([B])O2. The summed E-state index contributed by atoms with van der Waals surface area (Å²) in [4.78, 5) is 0. The standard InChI is InChI=1S/C10H4B7NO2/c11-3-1-2(8(14)9(15,18)7(1)13)4(12)6-5(3)19-10(16,17)20-6/h7-8H,18H2. The first kappa shape index (κ1) is 14.2. The largest absolute Gasteiger partial charge is 0.469 e. The maximum atomic E-state index is 6.03. The topological polar surface area (TPSA) is 44.5 Å². The maximum Gasteiger partial charge on any atom is 0.175 e. The van der Waals surface area contributed by atoms with Crippen LogP contribution in [0.3, 0.4) is 0 Å². The summed E-state index contributed by atoms with van der Waals surface area (Å²) in [6.07, 6.45) is 0. The van der Waals surface area contributed by atoms with Crippen LogP contribution in [0.5, 0.6) is 11.5 Å². The van der Waals surface area contributed by atoms with E-state index in [0.717, 1.165) is 0 Å². The normalized spacial score (nSPS) is 33.0. The third kappa shape index (κ3) is 1.60. The maximum absolute atomic E-state index is 6.03. The highest BCUT2D eigenvalue weighted by Crippen LogP contribution is 2.46. The van der Waals surface area contributed by atoms with Crippen molar-refractivity contribution in [2.75, 3.05) is 0 Å². The Morgan fingerprint density at radius 3 is 1.55 bits per heavy atom. The first-order valence-corrected chi connectivity index (χ1v) is 5.87. The molecule has 2 atom stereocenters. The van der Waals surface area contributed by atoms with Gasteiger partial charge in [0.15, 0.2) is 32.8 Å². The van der Waals surface area contributed by atoms with Crippen molar-refractivity contribution >= 4 is 65.8 Å². The van der Waals surface area contributed by atoms with Gasteiger partial charge in [-0.05, 0) is 28.0 Å². The highest BCUT2D eigenvalue weighted by Gasteiger charge is 2.46. The zero-order chi connectivity index (χ0) is 15.0. The van der Waals surface area contributed by atoms with Gasteiger partial charge in [0.1, 0.15) is 15.7 Å². The third-order valence-electron chi connectivity index (χ3n) is 3.79. The summed E-state index contributed by atoms with van der Waals surface area (Å²) in [5.74, 6) is -1.39. The molecule has 3 rings (SSSR count). The minimum absolute atomic E-state index is 0.117. The average Bonchev–Trinajstić information content (AvgIpc) is 2.75. The van der Waals surface area contributed by atoms with Gasteiger partial charge in [-0.2, -0.15) is 0 Å². The van der Waals surface area contributed by atoms with Crippen LogP contribution in [0.25, 0.3) is 0 Å². The molecule has 10 heteroatoms. The van der Waals surface area contributed by atoms with Crippen molar-refractivity contribution in [2.45, 2.75) is 22.7 Å². The molecule has 0 amide bonds. The van der Waals surface area contributed by atoms with Crippen LogP contribution in [0.2, 0.25) is 0 Å². The van der Waals surface area contributed by atoms with E-state index >= 15 is 0 Å². The fourth-order valence-electron chi connectivity index (χ4n) is 2.69. The molecule has 0 saturated carbocycles. The number of hydrogen-bond donors (Lipinski definition) is 1. The zero-order valence-corrected chi connectivity index (χ0v) is 10.6. The molecule has 1 aliphatic heterocycles. The molecule has 0 aromatic heterocycles. The summed E-state index contributed by atoms with van der Waals surface area (Å²) in [5, 5.41) is 0. The van der Waals surface area contributed by atoms with E-state index in [1.807, 2.05) is 0 Å². The van der Waals surface area contributed by atoms with Gasteiger partial charge in [-0.15, -0.1) is 0 Å². The fourth-order valence-corrected chi connectivity index (χ4v) is 2.69. The smallest absolute Gasteiger partial charge is 0.175 e. The first-order valence-electron chi connectivity index (χ1n) is 5.87. The molecular formula is C10H4B7NO2. The second-order valence-corrected chi connectivity index (χ2v) is 5.19. The van der Waals surface area contributed by atoms with Crippen molar-refractivity contribution in [1.82, 2.24) is 0 Å². The molecule has 82 valence electrons. The van der Waals surface area contributed by atoms with Gasteiger partial charge in [0.25, 0.3) is 0 Å². The van der Waals surface area contributed by atoms with Crippen LogP contribution in [0, 0.1) is 0 Å². The molecule has 2 aliphatic rings. The highest BCUT2D eigenvalue weighted by molar-refractivity contribution is 6.45. The van der Waals surface area contributed by atoms with Crippen LogP contribution in [0.4, 0.5) is 0 Å². The number of benzene rings is 1. The van der Waals surface area contributed by atoms with Crippen molar-refractivity contribution < 1.29 is 9.47 Å². The number of fused-ring (bicyclic) bond motifs is 2. The minimum atomic E-state index is -1.85. The average molecular weight is 246 g/mol. The Labute approximate surface area is 127 Å². The molecule has 0 bridgehead atoms. The van der Waals surface area contributed by atoms with Gasteiger partial charge < -0.3 is 15.2 Å². The Kier molecular flexibility index (Phi) is 2.77. The van der Waals surface area contributed by atoms with Crippen molar-refractivity contribution in [3.05, 3.63) is 11.1 Å². The van der Waals surface area contributed by atoms with Crippen LogP contribution in [-0.2, 0) is 0 Å². The highest BCUT2D eigenvalue weighted by atomic mass is 16.7. The fraction of sp³-hybridized carbons (Fsp3) is 0.400. The molecule has 1 aromatic carbocycles. The summed E-state index contributed by atoms with van der Waals surface area (Å²) in [6, 6.07) is 0. The Morgan fingerprint density at radius 1 is 0.850 bits per heavy atom. The van der Waals surface area contributed by atoms with E-state index in [-0.39, 0.29) is 22.4 Å². The molecule has 0 fully saturated rings. The molecule has 2 N–H and O–H groups in total. The molecule has 1 aliphatic carbocycles. The molecule has 3 nitrogen and oxygen atoms in total. The molecule has 1 heterocycles. The van der Waals surface area contributed by atoms with Gasteiger partial charge in [-0.1, -0.05) is 11.1 Å². The van der Waals surface area contributed by atoms with E-state index in [4.69, 9.17) is 70.1 Å². The van der Waals surface area contributed by atoms with Crippen molar-refractivity contribution in [2.24, 2.45) is 5.73 Å². The van der Waals surface area contributed by atoms with Gasteiger partial charge >= 0.3 is 0 Å². The van der Waals surface area contributed by atoms with Gasteiger partial charge in [0.05, 0.1) is 23.5 Å². The van der Waals surface area contributed by atoms with E-state index in [1.165, 1.54) is 0 Å². The number of hydrogen-bond acceptors (Lipinski definition) is 3. The molecule has 2 unspecified atom stereocenters. The molecule has 1 aromatic rings. The lowest BCUT2D eigenvalue weighted by Gasteiger charge is -2.31. The lowest BCUT2D eigenvalue weighted by Crippen LogP contribution is -2.48. The van der Waals surface area contributed by atoms with E-state index in [1.54, 1.807) is 0 Å². The number of nitrogens with two attached hydrogens (primary N) is 1. The van der Waals surface area contributed by atoms with Crippen LogP contribution in [0.15, 0.2) is 0 Å². The Balaban J connectivity index is 2.30. The van der Waals surface area contributed by atoms with E-state index < -0.39 is 22.7 Å². The van der Waals surface area contributed by atoms with Crippen LogP contribution >= 0.6 is 0 Å². The van der Waals surface area contributed by atoms with Gasteiger partial charge in [0, 0.05) is 0 Å². The van der Waals surface area contributed by atoms with E-state index in [0.29, 0.717) is 11.1 Å². The number of rotatable bonds is 0. The Morgan fingerprint density at radius 2 is 1.20 bits per heavy atom. The van der Waals surface area contributed by atoms with Crippen LogP contribution < -0.4 is 26.1 Å². The summed E-state index contributed by atoms with van der Waals surface area (Å²) in [6.45, 7) is 0. The molecule has 0 saturated heterocycles. The van der Waals surface area contributed by atoms with Crippen molar-refractivity contribution in [3.8, 4) is 11.5 Å². The van der Waals surface area contributed by atoms with Crippen molar-refractivity contribution in [3.63, 3.8) is 0 Å². The summed E-state index contributed by atoms with van der Waals surface area (Å²) < 4.78 is 10.5. The molecule has 0 spiro atoms. The van der Waals surface area contributed by atoms with Crippen molar-refractivity contribution in [1.29, 1.82) is 0 Å². The predicted octanol–water partition coefficient (Wildman–Crippen LogP) is -3.75. The van der Waals surface area contributed by atoms with Gasteiger partial charge in [0.2, 0.25) is 0 Å². The van der Waals surface area contributed by atoms with Crippen LogP contribution in [0.1, 0.15) is 22.8 Å². The monoisotopic (exact) mass is 247 g/mol.